The van der Waals surface area contributed by atoms with Gasteiger partial charge in [0, 0.05) is 24.1 Å². The number of benzene rings is 1. The minimum absolute atomic E-state index is 0.233. The van der Waals surface area contributed by atoms with Crippen LogP contribution in [0.25, 0.3) is 11.3 Å². The smallest absolute Gasteiger partial charge is 0.287 e. The zero-order valence-corrected chi connectivity index (χ0v) is 11.1. The third kappa shape index (κ3) is 3.17. The highest BCUT2D eigenvalue weighted by atomic mass is 19.2. The van der Waals surface area contributed by atoms with E-state index in [4.69, 9.17) is 9.36 Å². The van der Waals surface area contributed by atoms with E-state index in [2.05, 4.69) is 20.0 Å². The van der Waals surface area contributed by atoms with Gasteiger partial charge < -0.3 is 13.9 Å². The maximum Gasteiger partial charge on any atom is 0.287 e. The fourth-order valence-electron chi connectivity index (χ4n) is 1.67. The molecule has 0 aliphatic heterocycles. The number of oxime groups is 1. The predicted molar refractivity (Wildman–Crippen MR) is 71.2 cm³/mol. The van der Waals surface area contributed by atoms with Crippen LogP contribution >= 0.6 is 0 Å². The summed E-state index contributed by atoms with van der Waals surface area (Å²) in [7, 11) is 0. The molecule has 0 fully saturated rings. The Hall–Kier alpha value is -3.03. The molecule has 0 bridgehead atoms. The molecule has 0 saturated carbocycles. The summed E-state index contributed by atoms with van der Waals surface area (Å²) in [5, 5.41) is 11.0. The van der Waals surface area contributed by atoms with Gasteiger partial charge in [-0.1, -0.05) is 10.3 Å². The van der Waals surface area contributed by atoms with E-state index in [1.54, 1.807) is 6.07 Å². The van der Waals surface area contributed by atoms with Crippen LogP contribution in [0.1, 0.15) is 5.76 Å². The molecule has 6 nitrogen and oxygen atoms in total. The first-order valence-electron chi connectivity index (χ1n) is 6.22. The minimum atomic E-state index is -0.940. The van der Waals surface area contributed by atoms with Gasteiger partial charge in [0.1, 0.15) is 17.7 Å². The van der Waals surface area contributed by atoms with E-state index < -0.39 is 11.6 Å². The number of aromatic nitrogens is 2. The SMILES string of the molecule is Fc1ccc(-c2cc(CC=NOc3ccon3)on2)cc1F. The average Bonchev–Trinajstić information content (AvgIpc) is 3.18. The van der Waals surface area contributed by atoms with Crippen LogP contribution in [0.2, 0.25) is 0 Å². The van der Waals surface area contributed by atoms with Crippen molar-refractivity contribution in [1.82, 2.24) is 10.3 Å². The third-order valence-corrected chi connectivity index (χ3v) is 2.70. The van der Waals surface area contributed by atoms with Crippen LogP contribution < -0.4 is 4.84 Å². The van der Waals surface area contributed by atoms with Crippen molar-refractivity contribution in [3.8, 4) is 17.1 Å². The third-order valence-electron chi connectivity index (χ3n) is 2.70. The van der Waals surface area contributed by atoms with Crippen molar-refractivity contribution in [2.75, 3.05) is 0 Å². The molecule has 0 aliphatic carbocycles. The molecule has 0 saturated heterocycles. The minimum Gasteiger partial charge on any atom is -0.361 e. The second kappa shape index (κ2) is 6.17. The van der Waals surface area contributed by atoms with Crippen LogP contribution in [0.15, 0.2) is 50.8 Å². The lowest BCUT2D eigenvalue weighted by Gasteiger charge is -1.96. The first kappa shape index (κ1) is 13.9. The summed E-state index contributed by atoms with van der Waals surface area (Å²) < 4.78 is 35.7. The number of hydrogen-bond donors (Lipinski definition) is 0. The summed E-state index contributed by atoms with van der Waals surface area (Å²) in [6.07, 6.45) is 3.12. The van der Waals surface area contributed by atoms with E-state index >= 15 is 0 Å². The Morgan fingerprint density at radius 3 is 2.82 bits per heavy atom. The Bertz CT molecular complexity index is 784. The fraction of sp³-hybridized carbons (Fsp3) is 0.0714. The van der Waals surface area contributed by atoms with Gasteiger partial charge in [0.2, 0.25) is 0 Å². The van der Waals surface area contributed by atoms with Crippen LogP contribution in [0.5, 0.6) is 5.88 Å². The molecule has 1 aromatic carbocycles. The molecule has 0 amide bonds. The van der Waals surface area contributed by atoms with Gasteiger partial charge >= 0.3 is 0 Å². The van der Waals surface area contributed by atoms with E-state index in [1.165, 1.54) is 24.6 Å². The van der Waals surface area contributed by atoms with E-state index in [-0.39, 0.29) is 5.88 Å². The van der Waals surface area contributed by atoms with Crippen molar-refractivity contribution < 1.29 is 22.7 Å². The Kier molecular flexibility index (Phi) is 3.90. The van der Waals surface area contributed by atoms with Crippen molar-refractivity contribution in [2.24, 2.45) is 5.16 Å². The lowest BCUT2D eigenvalue weighted by molar-refractivity contribution is 0.295. The highest BCUT2D eigenvalue weighted by Crippen LogP contribution is 2.21. The monoisotopic (exact) mass is 305 g/mol. The van der Waals surface area contributed by atoms with E-state index in [0.717, 1.165) is 12.1 Å². The average molecular weight is 305 g/mol. The van der Waals surface area contributed by atoms with Crippen LogP contribution in [0.3, 0.4) is 0 Å². The molecular weight excluding hydrogens is 296 g/mol. The molecule has 0 spiro atoms. The molecule has 22 heavy (non-hydrogen) atoms. The van der Waals surface area contributed by atoms with Gasteiger partial charge in [0.05, 0.1) is 6.21 Å². The molecule has 0 unspecified atom stereocenters. The summed E-state index contributed by atoms with van der Waals surface area (Å²) >= 11 is 0. The molecular formula is C14H9F2N3O3. The van der Waals surface area contributed by atoms with Crippen molar-refractivity contribution in [3.05, 3.63) is 54.0 Å². The standard InChI is InChI=1S/C14H9F2N3O3/c15-11-2-1-9(7-12(11)16)13-8-10(21-18-13)3-5-17-22-14-4-6-20-19-14/h1-2,4-8H,3H2. The number of nitrogens with zero attached hydrogens (tertiary/aromatic N) is 3. The number of hydrogen-bond acceptors (Lipinski definition) is 6. The zero-order chi connectivity index (χ0) is 15.4. The largest absolute Gasteiger partial charge is 0.361 e. The molecule has 3 aromatic rings. The van der Waals surface area contributed by atoms with Crippen molar-refractivity contribution >= 4 is 6.21 Å². The van der Waals surface area contributed by atoms with E-state index in [1.807, 2.05) is 0 Å². The van der Waals surface area contributed by atoms with Crippen molar-refractivity contribution in [3.63, 3.8) is 0 Å². The van der Waals surface area contributed by atoms with Gasteiger partial charge in [0.15, 0.2) is 11.6 Å². The van der Waals surface area contributed by atoms with Crippen molar-refractivity contribution in [2.45, 2.75) is 6.42 Å². The maximum atomic E-state index is 13.2. The highest BCUT2D eigenvalue weighted by molar-refractivity contribution is 5.63. The van der Waals surface area contributed by atoms with Gasteiger partial charge in [-0.15, -0.1) is 0 Å². The summed E-state index contributed by atoms with van der Waals surface area (Å²) in [5.41, 5.74) is 0.824. The quantitative estimate of drug-likeness (QED) is 0.534. The number of halogens is 2. The van der Waals surface area contributed by atoms with Gasteiger partial charge in [-0.2, -0.15) is 0 Å². The van der Waals surface area contributed by atoms with Crippen molar-refractivity contribution in [1.29, 1.82) is 0 Å². The normalized spacial score (nSPS) is 11.2. The topological polar surface area (TPSA) is 73.7 Å². The van der Waals surface area contributed by atoms with Crippen LogP contribution in [0, 0.1) is 11.6 Å². The van der Waals surface area contributed by atoms with Crippen LogP contribution in [0.4, 0.5) is 8.78 Å². The molecule has 3 rings (SSSR count). The Morgan fingerprint density at radius 1 is 1.14 bits per heavy atom. The van der Waals surface area contributed by atoms with Crippen LogP contribution in [-0.4, -0.2) is 16.5 Å². The summed E-state index contributed by atoms with van der Waals surface area (Å²) in [5.74, 6) is -1.13. The molecule has 0 radical (unpaired) electrons. The Labute approximate surface area is 123 Å². The second-order valence-corrected chi connectivity index (χ2v) is 4.23. The fourth-order valence-corrected chi connectivity index (χ4v) is 1.67. The van der Waals surface area contributed by atoms with Gasteiger partial charge in [0.25, 0.3) is 5.88 Å². The predicted octanol–water partition coefficient (Wildman–Crippen LogP) is 3.22. The molecule has 112 valence electrons. The zero-order valence-electron chi connectivity index (χ0n) is 11.1. The molecule has 0 atom stereocenters. The molecule has 2 aromatic heterocycles. The first-order chi connectivity index (χ1) is 10.7. The van der Waals surface area contributed by atoms with Gasteiger partial charge in [-0.25, -0.2) is 8.78 Å². The first-order valence-corrected chi connectivity index (χ1v) is 6.22. The van der Waals surface area contributed by atoms with Gasteiger partial charge in [-0.3, -0.25) is 0 Å². The van der Waals surface area contributed by atoms with E-state index in [0.29, 0.717) is 23.4 Å². The number of rotatable bonds is 5. The second-order valence-electron chi connectivity index (χ2n) is 4.23. The Balaban J connectivity index is 1.63. The highest BCUT2D eigenvalue weighted by Gasteiger charge is 2.09. The molecule has 0 N–H and O–H groups in total. The van der Waals surface area contributed by atoms with Crippen LogP contribution in [-0.2, 0) is 6.42 Å². The maximum absolute atomic E-state index is 13.2. The summed E-state index contributed by atoms with van der Waals surface area (Å²) in [4.78, 5) is 4.90. The van der Waals surface area contributed by atoms with E-state index in [9.17, 15) is 8.78 Å². The molecule has 8 heteroatoms. The molecule has 0 aliphatic rings. The summed E-state index contributed by atoms with van der Waals surface area (Å²) in [6.45, 7) is 0. The molecule has 2 heterocycles. The Morgan fingerprint density at radius 2 is 2.05 bits per heavy atom. The van der Waals surface area contributed by atoms with Gasteiger partial charge in [-0.05, 0) is 23.4 Å². The lowest BCUT2D eigenvalue weighted by atomic mass is 10.1. The lowest BCUT2D eigenvalue weighted by Crippen LogP contribution is -1.88. The summed E-state index contributed by atoms with van der Waals surface area (Å²) in [6, 6.07) is 6.62.